The fourth-order valence-corrected chi connectivity index (χ4v) is 5.27. The van der Waals surface area contributed by atoms with E-state index >= 15 is 0 Å². The summed E-state index contributed by atoms with van der Waals surface area (Å²) < 4.78 is 32.3. The molecule has 0 spiro atoms. The van der Waals surface area contributed by atoms with Crippen molar-refractivity contribution in [3.63, 3.8) is 0 Å². The van der Waals surface area contributed by atoms with Crippen molar-refractivity contribution in [2.24, 2.45) is 0 Å². The standard InChI is InChI=1S/C12H15N3O2SSe/c1-18(16,17)11-7-3-4-8(11)13-9-5-2-6-10-12(9)15-19-14-10/h2,5-6,8,11,13H,3-4,7H2,1H3. The summed E-state index contributed by atoms with van der Waals surface area (Å²) in [6.45, 7) is 0. The van der Waals surface area contributed by atoms with E-state index in [1.54, 1.807) is 0 Å². The second-order valence-electron chi connectivity index (χ2n) is 4.99. The quantitative estimate of drug-likeness (QED) is 0.843. The van der Waals surface area contributed by atoms with Crippen LogP contribution in [0.15, 0.2) is 18.2 Å². The Morgan fingerprint density at radius 3 is 2.95 bits per heavy atom. The van der Waals surface area contributed by atoms with Crippen LogP contribution < -0.4 is 5.32 Å². The first-order chi connectivity index (χ1) is 9.05. The van der Waals surface area contributed by atoms with E-state index in [0.29, 0.717) is 0 Å². The fourth-order valence-electron chi connectivity index (χ4n) is 2.73. The van der Waals surface area contributed by atoms with E-state index in [2.05, 4.69) is 13.3 Å². The molecule has 0 saturated heterocycles. The molecule has 0 radical (unpaired) electrons. The van der Waals surface area contributed by atoms with Gasteiger partial charge in [0.2, 0.25) is 0 Å². The van der Waals surface area contributed by atoms with Crippen molar-refractivity contribution in [1.82, 2.24) is 7.96 Å². The molecule has 5 nitrogen and oxygen atoms in total. The predicted octanol–water partition coefficient (Wildman–Crippen LogP) is 1.06. The van der Waals surface area contributed by atoms with Gasteiger partial charge in [0.05, 0.1) is 0 Å². The minimum absolute atomic E-state index is 0.00944. The van der Waals surface area contributed by atoms with Gasteiger partial charge in [-0.2, -0.15) is 0 Å². The molecule has 1 aliphatic carbocycles. The Balaban J connectivity index is 1.91. The number of rotatable bonds is 3. The van der Waals surface area contributed by atoms with Crippen LogP contribution in [0.25, 0.3) is 11.0 Å². The van der Waals surface area contributed by atoms with E-state index in [1.165, 1.54) is 6.26 Å². The summed E-state index contributed by atoms with van der Waals surface area (Å²) in [5, 5.41) is 3.09. The van der Waals surface area contributed by atoms with Crippen molar-refractivity contribution in [3.8, 4) is 0 Å². The first kappa shape index (κ1) is 13.1. The average molecular weight is 344 g/mol. The second-order valence-corrected chi connectivity index (χ2v) is 8.36. The van der Waals surface area contributed by atoms with Crippen LogP contribution in [0, 0.1) is 0 Å². The summed E-state index contributed by atoms with van der Waals surface area (Å²) in [6.07, 6.45) is 3.92. The summed E-state index contributed by atoms with van der Waals surface area (Å²) in [5.74, 6) is 0. The maximum atomic E-state index is 11.8. The molecule has 1 aromatic heterocycles. The Hall–Kier alpha value is -0.911. The number of anilines is 1. The molecule has 1 aromatic carbocycles. The summed E-state index contributed by atoms with van der Waals surface area (Å²) in [6, 6.07) is 5.83. The van der Waals surface area contributed by atoms with Crippen LogP contribution in [-0.4, -0.2) is 48.9 Å². The van der Waals surface area contributed by atoms with E-state index in [4.69, 9.17) is 0 Å². The Kier molecular flexibility index (Phi) is 3.37. The number of benzene rings is 1. The molecule has 1 heterocycles. The Bertz CT molecular complexity index is 698. The van der Waals surface area contributed by atoms with Crippen molar-refractivity contribution in [1.29, 1.82) is 0 Å². The molecule has 1 saturated carbocycles. The summed E-state index contributed by atoms with van der Waals surface area (Å²) in [5.41, 5.74) is 2.72. The number of fused-ring (bicyclic) bond motifs is 1. The Morgan fingerprint density at radius 2 is 2.16 bits per heavy atom. The third-order valence-corrected chi connectivity index (χ3v) is 6.43. The Morgan fingerprint density at radius 1 is 1.32 bits per heavy atom. The van der Waals surface area contributed by atoms with Crippen LogP contribution >= 0.6 is 0 Å². The average Bonchev–Trinajstić information content (AvgIpc) is 2.95. The molecular weight excluding hydrogens is 329 g/mol. The van der Waals surface area contributed by atoms with Gasteiger partial charge in [-0.1, -0.05) is 0 Å². The summed E-state index contributed by atoms with van der Waals surface area (Å²) in [4.78, 5) is 0. The van der Waals surface area contributed by atoms with E-state index in [9.17, 15) is 8.42 Å². The van der Waals surface area contributed by atoms with Crippen LogP contribution in [0.3, 0.4) is 0 Å². The van der Waals surface area contributed by atoms with E-state index < -0.39 is 9.84 Å². The SMILES string of the molecule is CS(=O)(=O)C1CCCC1Nc1cccc2n[se]nc12. The summed E-state index contributed by atoms with van der Waals surface area (Å²) in [7, 11) is -3.00. The number of nitrogens with one attached hydrogen (secondary N) is 1. The third kappa shape index (κ3) is 2.55. The van der Waals surface area contributed by atoms with Crippen LogP contribution in [0.5, 0.6) is 0 Å². The zero-order valence-corrected chi connectivity index (χ0v) is 13.1. The number of nitrogens with zero attached hydrogens (tertiary/aromatic N) is 2. The van der Waals surface area contributed by atoms with Crippen LogP contribution in [0.2, 0.25) is 0 Å². The van der Waals surface area contributed by atoms with Crippen molar-refractivity contribution >= 4 is 41.5 Å². The van der Waals surface area contributed by atoms with Gasteiger partial charge in [0.15, 0.2) is 0 Å². The van der Waals surface area contributed by atoms with Crippen molar-refractivity contribution in [2.45, 2.75) is 30.6 Å². The van der Waals surface area contributed by atoms with Gasteiger partial charge in [-0.05, 0) is 0 Å². The number of hydrogen-bond acceptors (Lipinski definition) is 5. The van der Waals surface area contributed by atoms with E-state index in [1.807, 2.05) is 18.2 Å². The molecule has 0 aliphatic heterocycles. The van der Waals surface area contributed by atoms with Gasteiger partial charge < -0.3 is 0 Å². The molecule has 1 aliphatic rings. The maximum absolute atomic E-state index is 11.8. The molecule has 2 unspecified atom stereocenters. The fraction of sp³-hybridized carbons (Fsp3) is 0.500. The Labute approximate surface area is 118 Å². The molecule has 0 amide bonds. The summed E-state index contributed by atoms with van der Waals surface area (Å²) >= 11 is -0.0635. The van der Waals surface area contributed by atoms with Gasteiger partial charge in [0, 0.05) is 0 Å². The second kappa shape index (κ2) is 4.89. The van der Waals surface area contributed by atoms with E-state index in [-0.39, 0.29) is 26.3 Å². The molecule has 2 aromatic rings. The van der Waals surface area contributed by atoms with Gasteiger partial charge in [-0.25, -0.2) is 0 Å². The van der Waals surface area contributed by atoms with Crippen molar-refractivity contribution in [3.05, 3.63) is 18.2 Å². The third-order valence-electron chi connectivity index (χ3n) is 3.63. The number of aromatic nitrogens is 2. The molecule has 1 fully saturated rings. The molecule has 19 heavy (non-hydrogen) atoms. The van der Waals surface area contributed by atoms with Gasteiger partial charge in [-0.3, -0.25) is 0 Å². The zero-order chi connectivity index (χ0) is 13.5. The number of hydrogen-bond donors (Lipinski definition) is 1. The molecule has 1 N–H and O–H groups in total. The zero-order valence-electron chi connectivity index (χ0n) is 10.5. The molecular formula is C12H15N3O2SSe. The topological polar surface area (TPSA) is 72.0 Å². The van der Waals surface area contributed by atoms with Gasteiger partial charge in [0.25, 0.3) is 0 Å². The van der Waals surface area contributed by atoms with Crippen LogP contribution in [0.4, 0.5) is 5.69 Å². The van der Waals surface area contributed by atoms with Crippen LogP contribution in [-0.2, 0) is 9.84 Å². The molecule has 102 valence electrons. The minimum atomic E-state index is -3.00. The first-order valence-electron chi connectivity index (χ1n) is 6.22. The first-order valence-corrected chi connectivity index (χ1v) is 9.71. The molecule has 3 rings (SSSR count). The van der Waals surface area contributed by atoms with Gasteiger partial charge >= 0.3 is 118 Å². The van der Waals surface area contributed by atoms with Gasteiger partial charge in [0.1, 0.15) is 0 Å². The number of sulfone groups is 1. The van der Waals surface area contributed by atoms with Crippen molar-refractivity contribution < 1.29 is 8.42 Å². The predicted molar refractivity (Wildman–Crippen MR) is 76.4 cm³/mol. The van der Waals surface area contributed by atoms with Crippen LogP contribution in [0.1, 0.15) is 19.3 Å². The van der Waals surface area contributed by atoms with Crippen molar-refractivity contribution in [2.75, 3.05) is 11.6 Å². The molecule has 2 atom stereocenters. The molecule has 0 bridgehead atoms. The molecule has 7 heteroatoms. The van der Waals surface area contributed by atoms with E-state index in [0.717, 1.165) is 36.0 Å². The van der Waals surface area contributed by atoms with Gasteiger partial charge in [-0.15, -0.1) is 0 Å². The normalized spacial score (nSPS) is 23.8. The monoisotopic (exact) mass is 345 g/mol.